The van der Waals surface area contributed by atoms with E-state index in [1.807, 2.05) is 6.07 Å². The molecule has 18 heavy (non-hydrogen) atoms. The van der Waals surface area contributed by atoms with Crippen molar-refractivity contribution in [3.8, 4) is 0 Å². The molecule has 0 bridgehead atoms. The molecule has 0 spiro atoms. The first-order valence-electron chi connectivity index (χ1n) is 5.58. The van der Waals surface area contributed by atoms with Gasteiger partial charge in [-0.05, 0) is 39.7 Å². The molecule has 1 fully saturated rings. The summed E-state index contributed by atoms with van der Waals surface area (Å²) >= 11 is 9.26. The van der Waals surface area contributed by atoms with E-state index in [-0.39, 0.29) is 11.9 Å². The largest absolute Gasteiger partial charge is 0.330 e. The third-order valence-corrected chi connectivity index (χ3v) is 3.47. The van der Waals surface area contributed by atoms with Crippen LogP contribution in [-0.2, 0) is 4.79 Å². The highest BCUT2D eigenvalue weighted by Gasteiger charge is 2.26. The van der Waals surface area contributed by atoms with E-state index in [9.17, 15) is 4.79 Å². The number of nitrogens with one attached hydrogen (secondary N) is 1. The number of piperazine rings is 1. The van der Waals surface area contributed by atoms with E-state index < -0.39 is 0 Å². The zero-order valence-electron chi connectivity index (χ0n) is 9.70. The second kappa shape index (κ2) is 5.82. The van der Waals surface area contributed by atoms with Gasteiger partial charge in [0.1, 0.15) is 9.76 Å². The summed E-state index contributed by atoms with van der Waals surface area (Å²) in [7, 11) is 0. The van der Waals surface area contributed by atoms with Gasteiger partial charge >= 0.3 is 0 Å². The molecule has 4 nitrogen and oxygen atoms in total. The van der Waals surface area contributed by atoms with Crippen LogP contribution in [0.1, 0.15) is 11.6 Å². The van der Waals surface area contributed by atoms with E-state index in [0.29, 0.717) is 22.8 Å². The highest BCUT2D eigenvalue weighted by Crippen LogP contribution is 2.26. The minimum atomic E-state index is -0.0643. The van der Waals surface area contributed by atoms with Crippen molar-refractivity contribution in [2.24, 2.45) is 0 Å². The summed E-state index contributed by atoms with van der Waals surface area (Å²) in [5, 5.41) is 3.69. The average Bonchev–Trinajstić information content (AvgIpc) is 2.36. The highest BCUT2D eigenvalue weighted by atomic mass is 79.9. The number of amides is 1. The van der Waals surface area contributed by atoms with Crippen molar-refractivity contribution >= 4 is 33.4 Å². The van der Waals surface area contributed by atoms with Crippen LogP contribution in [0.15, 0.2) is 29.4 Å². The van der Waals surface area contributed by atoms with Gasteiger partial charge in [-0.3, -0.25) is 4.79 Å². The molecule has 1 amide bonds. The molecule has 1 aliphatic heterocycles. The Labute approximate surface area is 119 Å². The topological polar surface area (TPSA) is 45.2 Å². The number of rotatable bonds is 2. The van der Waals surface area contributed by atoms with Crippen molar-refractivity contribution in [3.05, 3.63) is 40.1 Å². The van der Waals surface area contributed by atoms with Crippen molar-refractivity contribution in [3.63, 3.8) is 0 Å². The monoisotopic (exact) mass is 329 g/mol. The number of nitrogens with zero attached hydrogens (tertiary/aromatic N) is 2. The molecule has 2 heterocycles. The minimum absolute atomic E-state index is 0.0407. The van der Waals surface area contributed by atoms with Gasteiger partial charge in [0.05, 0.1) is 6.04 Å². The van der Waals surface area contributed by atoms with Crippen LogP contribution in [0.25, 0.3) is 0 Å². The van der Waals surface area contributed by atoms with Gasteiger partial charge in [-0.15, -0.1) is 0 Å². The van der Waals surface area contributed by atoms with Gasteiger partial charge < -0.3 is 10.2 Å². The zero-order chi connectivity index (χ0) is 13.1. The summed E-state index contributed by atoms with van der Waals surface area (Å²) in [5.74, 6) is -0.0643. The Morgan fingerprint density at radius 2 is 2.44 bits per heavy atom. The minimum Gasteiger partial charge on any atom is -0.330 e. The fraction of sp³-hybridized carbons (Fsp3) is 0.333. The van der Waals surface area contributed by atoms with Gasteiger partial charge in [-0.2, -0.15) is 0 Å². The van der Waals surface area contributed by atoms with E-state index in [2.05, 4.69) is 32.8 Å². The molecule has 0 saturated carbocycles. The fourth-order valence-electron chi connectivity index (χ4n) is 2.06. The molecule has 96 valence electrons. The number of carbonyl (C=O) groups is 1. The zero-order valence-corrected chi connectivity index (χ0v) is 12.0. The molecule has 1 aromatic rings. The molecule has 1 N–H and O–H groups in total. The van der Waals surface area contributed by atoms with Crippen molar-refractivity contribution in [1.82, 2.24) is 15.2 Å². The van der Waals surface area contributed by atoms with Gasteiger partial charge in [-0.1, -0.05) is 18.2 Å². The predicted octanol–water partition coefficient (Wildman–Crippen LogP) is 2.16. The van der Waals surface area contributed by atoms with Gasteiger partial charge in [0.15, 0.2) is 0 Å². The molecule has 0 aliphatic carbocycles. The Balaban J connectivity index is 2.33. The fourth-order valence-corrected chi connectivity index (χ4v) is 2.83. The van der Waals surface area contributed by atoms with E-state index in [1.165, 1.54) is 6.08 Å². The summed E-state index contributed by atoms with van der Waals surface area (Å²) in [4.78, 5) is 17.7. The highest BCUT2D eigenvalue weighted by molar-refractivity contribution is 9.10. The van der Waals surface area contributed by atoms with Crippen molar-refractivity contribution in [2.75, 3.05) is 19.6 Å². The van der Waals surface area contributed by atoms with Gasteiger partial charge in [0.2, 0.25) is 5.91 Å². The SMILES string of the molecule is C=CC(=O)N1CCNC[C@@H]1c1cc(Cl)nc(Br)c1. The Hall–Kier alpha value is -0.910. The number of pyridine rings is 1. The normalized spacial score (nSPS) is 19.7. The molecular weight excluding hydrogens is 318 g/mol. The molecule has 0 aromatic carbocycles. The van der Waals surface area contributed by atoms with E-state index in [0.717, 1.165) is 12.1 Å². The number of hydrogen-bond acceptors (Lipinski definition) is 3. The predicted molar refractivity (Wildman–Crippen MR) is 74.5 cm³/mol. The molecular formula is C12H13BrClN3O. The van der Waals surface area contributed by atoms with E-state index in [1.54, 1.807) is 11.0 Å². The summed E-state index contributed by atoms with van der Waals surface area (Å²) in [6.45, 7) is 5.69. The van der Waals surface area contributed by atoms with Crippen LogP contribution in [0.3, 0.4) is 0 Å². The van der Waals surface area contributed by atoms with Crippen LogP contribution < -0.4 is 5.32 Å². The quantitative estimate of drug-likeness (QED) is 0.667. The molecule has 1 aromatic heterocycles. The maximum atomic E-state index is 11.8. The van der Waals surface area contributed by atoms with Gasteiger partial charge in [-0.25, -0.2) is 4.98 Å². The lowest BCUT2D eigenvalue weighted by atomic mass is 10.0. The van der Waals surface area contributed by atoms with Crippen LogP contribution in [-0.4, -0.2) is 35.4 Å². The Bertz CT molecular complexity index is 460. The first-order chi connectivity index (χ1) is 8.61. The molecule has 1 aliphatic rings. The summed E-state index contributed by atoms with van der Waals surface area (Å²) in [6.07, 6.45) is 1.34. The van der Waals surface area contributed by atoms with Gasteiger partial charge in [0, 0.05) is 19.6 Å². The second-order valence-electron chi connectivity index (χ2n) is 4.00. The lowest BCUT2D eigenvalue weighted by Gasteiger charge is -2.36. The van der Waals surface area contributed by atoms with E-state index >= 15 is 0 Å². The Morgan fingerprint density at radius 3 is 3.11 bits per heavy atom. The molecule has 2 rings (SSSR count). The van der Waals surface area contributed by atoms with Crippen LogP contribution in [0, 0.1) is 0 Å². The first-order valence-corrected chi connectivity index (χ1v) is 6.75. The molecule has 6 heteroatoms. The van der Waals surface area contributed by atoms with Gasteiger partial charge in [0.25, 0.3) is 0 Å². The molecule has 0 radical (unpaired) electrons. The molecule has 1 saturated heterocycles. The van der Waals surface area contributed by atoms with Crippen LogP contribution in [0.5, 0.6) is 0 Å². The molecule has 1 atom stereocenters. The Kier molecular flexibility index (Phi) is 4.37. The number of hydrogen-bond donors (Lipinski definition) is 1. The van der Waals surface area contributed by atoms with Crippen LogP contribution >= 0.6 is 27.5 Å². The number of halogens is 2. The first kappa shape index (κ1) is 13.5. The maximum absolute atomic E-state index is 11.8. The summed E-state index contributed by atoms with van der Waals surface area (Å²) in [5.41, 5.74) is 0.962. The lowest BCUT2D eigenvalue weighted by Crippen LogP contribution is -2.48. The summed E-state index contributed by atoms with van der Waals surface area (Å²) < 4.78 is 0.668. The maximum Gasteiger partial charge on any atom is 0.246 e. The summed E-state index contributed by atoms with van der Waals surface area (Å²) in [6, 6.07) is 3.63. The van der Waals surface area contributed by atoms with Crippen LogP contribution in [0.4, 0.5) is 0 Å². The standard InChI is InChI=1S/C12H13BrClN3O/c1-2-12(18)17-4-3-15-7-9(17)8-5-10(13)16-11(14)6-8/h2,5-6,9,15H,1,3-4,7H2/t9-/m1/s1. The number of carbonyl (C=O) groups excluding carboxylic acids is 1. The molecule has 0 unspecified atom stereocenters. The third-order valence-electron chi connectivity index (χ3n) is 2.87. The number of aromatic nitrogens is 1. The smallest absolute Gasteiger partial charge is 0.246 e. The lowest BCUT2D eigenvalue weighted by molar-refractivity contribution is -0.129. The Morgan fingerprint density at radius 1 is 1.67 bits per heavy atom. The van der Waals surface area contributed by atoms with E-state index in [4.69, 9.17) is 11.6 Å². The third kappa shape index (κ3) is 2.91. The van der Waals surface area contributed by atoms with Crippen LogP contribution in [0.2, 0.25) is 5.15 Å². The van der Waals surface area contributed by atoms with Crippen molar-refractivity contribution in [2.45, 2.75) is 6.04 Å². The van der Waals surface area contributed by atoms with Crippen molar-refractivity contribution in [1.29, 1.82) is 0 Å². The second-order valence-corrected chi connectivity index (χ2v) is 5.20. The van der Waals surface area contributed by atoms with Crippen molar-refractivity contribution < 1.29 is 4.79 Å². The average molecular weight is 331 g/mol.